The number of benzene rings is 1. The molecule has 2 rings (SSSR count). The van der Waals surface area contributed by atoms with Crippen molar-refractivity contribution >= 4 is 11.8 Å². The standard InChI is InChI=1S/C18H25FN2O2/c19-16-10-6-5-7-14(16)11-12-20-17(22)13-18(23)21-15-8-3-1-2-4-9-15/h5-7,10,15H,1-4,8-9,11-13H2,(H,20,22)(H,21,23). The third-order valence-electron chi connectivity index (χ3n) is 4.22. The van der Waals surface area contributed by atoms with Gasteiger partial charge in [0.05, 0.1) is 0 Å². The average Bonchev–Trinajstić information content (AvgIpc) is 2.77. The van der Waals surface area contributed by atoms with E-state index >= 15 is 0 Å². The molecule has 0 aliphatic heterocycles. The molecule has 1 aromatic rings. The van der Waals surface area contributed by atoms with E-state index in [9.17, 15) is 14.0 Å². The van der Waals surface area contributed by atoms with Crippen LogP contribution in [-0.4, -0.2) is 24.4 Å². The Balaban J connectivity index is 1.65. The fourth-order valence-electron chi connectivity index (χ4n) is 2.95. The normalized spacial score (nSPS) is 15.7. The van der Waals surface area contributed by atoms with Crippen LogP contribution < -0.4 is 10.6 Å². The van der Waals surface area contributed by atoms with Crippen molar-refractivity contribution in [1.29, 1.82) is 0 Å². The van der Waals surface area contributed by atoms with E-state index in [2.05, 4.69) is 10.6 Å². The first-order valence-corrected chi connectivity index (χ1v) is 8.44. The maximum atomic E-state index is 13.4. The highest BCUT2D eigenvalue weighted by Crippen LogP contribution is 2.17. The van der Waals surface area contributed by atoms with E-state index in [0.29, 0.717) is 18.5 Å². The number of hydrogen-bond donors (Lipinski definition) is 2. The summed E-state index contributed by atoms with van der Waals surface area (Å²) in [6, 6.07) is 6.70. The lowest BCUT2D eigenvalue weighted by molar-refractivity contribution is -0.129. The molecule has 4 nitrogen and oxygen atoms in total. The molecule has 1 fully saturated rings. The monoisotopic (exact) mass is 320 g/mol. The smallest absolute Gasteiger partial charge is 0.229 e. The van der Waals surface area contributed by atoms with Crippen molar-refractivity contribution in [1.82, 2.24) is 10.6 Å². The van der Waals surface area contributed by atoms with E-state index in [0.717, 1.165) is 25.7 Å². The molecule has 0 radical (unpaired) electrons. The van der Waals surface area contributed by atoms with Crippen molar-refractivity contribution in [2.24, 2.45) is 0 Å². The number of amides is 2. The molecule has 0 unspecified atom stereocenters. The van der Waals surface area contributed by atoms with E-state index in [1.165, 1.54) is 18.9 Å². The van der Waals surface area contributed by atoms with Crippen LogP contribution in [0.5, 0.6) is 0 Å². The number of carbonyl (C=O) groups is 2. The Morgan fingerprint density at radius 3 is 2.43 bits per heavy atom. The highest BCUT2D eigenvalue weighted by Gasteiger charge is 2.16. The summed E-state index contributed by atoms with van der Waals surface area (Å²) in [6.07, 6.45) is 6.99. The Bertz CT molecular complexity index is 526. The van der Waals surface area contributed by atoms with Crippen molar-refractivity contribution < 1.29 is 14.0 Å². The zero-order valence-corrected chi connectivity index (χ0v) is 13.4. The Morgan fingerprint density at radius 1 is 1.04 bits per heavy atom. The fraction of sp³-hybridized carbons (Fsp3) is 0.556. The van der Waals surface area contributed by atoms with Gasteiger partial charge < -0.3 is 10.6 Å². The third kappa shape index (κ3) is 6.38. The molecule has 0 aromatic heterocycles. The van der Waals surface area contributed by atoms with Gasteiger partial charge in [-0.15, -0.1) is 0 Å². The first-order chi connectivity index (χ1) is 11.1. The lowest BCUT2D eigenvalue weighted by atomic mass is 10.1. The Hall–Kier alpha value is -1.91. The third-order valence-corrected chi connectivity index (χ3v) is 4.22. The molecular weight excluding hydrogens is 295 g/mol. The number of hydrogen-bond acceptors (Lipinski definition) is 2. The van der Waals surface area contributed by atoms with E-state index < -0.39 is 0 Å². The van der Waals surface area contributed by atoms with Crippen LogP contribution >= 0.6 is 0 Å². The summed E-state index contributed by atoms with van der Waals surface area (Å²) in [7, 11) is 0. The molecule has 2 amide bonds. The molecular formula is C18H25FN2O2. The highest BCUT2D eigenvalue weighted by atomic mass is 19.1. The van der Waals surface area contributed by atoms with Gasteiger partial charge in [0.15, 0.2) is 0 Å². The minimum atomic E-state index is -0.313. The molecule has 1 saturated carbocycles. The summed E-state index contributed by atoms with van der Waals surface area (Å²) >= 11 is 0. The van der Waals surface area contributed by atoms with Crippen LogP contribution in [0.25, 0.3) is 0 Å². The summed E-state index contributed by atoms with van der Waals surface area (Å²) in [5.74, 6) is -0.805. The van der Waals surface area contributed by atoms with Crippen molar-refractivity contribution in [3.05, 3.63) is 35.6 Å². The van der Waals surface area contributed by atoms with Gasteiger partial charge in [0.2, 0.25) is 11.8 Å². The number of carbonyl (C=O) groups excluding carboxylic acids is 2. The molecule has 0 saturated heterocycles. The maximum Gasteiger partial charge on any atom is 0.229 e. The minimum absolute atomic E-state index is 0.159. The van der Waals surface area contributed by atoms with E-state index in [-0.39, 0.29) is 30.1 Å². The first kappa shape index (κ1) is 17.4. The predicted molar refractivity (Wildman–Crippen MR) is 87.4 cm³/mol. The summed E-state index contributed by atoms with van der Waals surface area (Å²) < 4.78 is 13.4. The quantitative estimate of drug-likeness (QED) is 0.625. The molecule has 0 atom stereocenters. The second-order valence-electron chi connectivity index (χ2n) is 6.12. The maximum absolute atomic E-state index is 13.4. The zero-order valence-electron chi connectivity index (χ0n) is 13.4. The van der Waals surface area contributed by atoms with Crippen LogP contribution in [0.15, 0.2) is 24.3 Å². The molecule has 126 valence electrons. The second kappa shape index (κ2) is 9.28. The van der Waals surface area contributed by atoms with Crippen molar-refractivity contribution in [2.45, 2.75) is 57.4 Å². The van der Waals surface area contributed by atoms with Crippen molar-refractivity contribution in [2.75, 3.05) is 6.54 Å². The lowest BCUT2D eigenvalue weighted by Crippen LogP contribution is -2.38. The van der Waals surface area contributed by atoms with Crippen molar-refractivity contribution in [3.63, 3.8) is 0 Å². The van der Waals surface area contributed by atoms with Gasteiger partial charge in [0, 0.05) is 12.6 Å². The molecule has 1 aliphatic carbocycles. The van der Waals surface area contributed by atoms with Gasteiger partial charge in [-0.1, -0.05) is 43.9 Å². The van der Waals surface area contributed by atoms with Crippen LogP contribution in [0.2, 0.25) is 0 Å². The Labute approximate surface area is 136 Å². The average molecular weight is 320 g/mol. The van der Waals surface area contributed by atoms with Crippen LogP contribution in [0.1, 0.15) is 50.5 Å². The molecule has 1 aliphatic rings. The molecule has 0 heterocycles. The minimum Gasteiger partial charge on any atom is -0.355 e. The lowest BCUT2D eigenvalue weighted by Gasteiger charge is -2.16. The van der Waals surface area contributed by atoms with Crippen molar-refractivity contribution in [3.8, 4) is 0 Å². The second-order valence-corrected chi connectivity index (χ2v) is 6.12. The van der Waals surface area contributed by atoms with Gasteiger partial charge in [-0.05, 0) is 30.9 Å². The zero-order chi connectivity index (χ0) is 16.5. The van der Waals surface area contributed by atoms with E-state index in [4.69, 9.17) is 0 Å². The topological polar surface area (TPSA) is 58.2 Å². The van der Waals surface area contributed by atoms with E-state index in [1.807, 2.05) is 0 Å². The summed E-state index contributed by atoms with van der Waals surface area (Å²) in [4.78, 5) is 23.7. The van der Waals surface area contributed by atoms with Gasteiger partial charge in [0.1, 0.15) is 12.2 Å². The number of nitrogens with one attached hydrogen (secondary N) is 2. The van der Waals surface area contributed by atoms with E-state index in [1.54, 1.807) is 18.2 Å². The SMILES string of the molecule is O=C(CC(=O)NC1CCCCCC1)NCCc1ccccc1F. The van der Waals surface area contributed by atoms with Crippen LogP contribution in [0.4, 0.5) is 4.39 Å². The van der Waals surface area contributed by atoms with Gasteiger partial charge in [0.25, 0.3) is 0 Å². The summed E-state index contributed by atoms with van der Waals surface area (Å²) in [6.45, 7) is 0.330. The van der Waals surface area contributed by atoms with Gasteiger partial charge in [-0.2, -0.15) is 0 Å². The summed E-state index contributed by atoms with van der Waals surface area (Å²) in [5, 5.41) is 5.62. The largest absolute Gasteiger partial charge is 0.355 e. The molecule has 2 N–H and O–H groups in total. The molecule has 1 aromatic carbocycles. The van der Waals surface area contributed by atoms with Crippen LogP contribution in [-0.2, 0) is 16.0 Å². The fourth-order valence-corrected chi connectivity index (χ4v) is 2.95. The molecule has 23 heavy (non-hydrogen) atoms. The number of rotatable bonds is 6. The van der Waals surface area contributed by atoms with Crippen LogP contribution in [0, 0.1) is 5.82 Å². The van der Waals surface area contributed by atoms with Gasteiger partial charge >= 0.3 is 0 Å². The number of halogens is 1. The van der Waals surface area contributed by atoms with Gasteiger partial charge in [-0.25, -0.2) is 4.39 Å². The summed E-state index contributed by atoms with van der Waals surface area (Å²) in [5.41, 5.74) is 0.565. The highest BCUT2D eigenvalue weighted by molar-refractivity contribution is 5.96. The van der Waals surface area contributed by atoms with Crippen LogP contribution in [0.3, 0.4) is 0 Å². The van der Waals surface area contributed by atoms with Gasteiger partial charge in [-0.3, -0.25) is 9.59 Å². The Kier molecular flexibility index (Phi) is 7.04. The molecule has 0 bridgehead atoms. The molecule has 0 spiro atoms. The first-order valence-electron chi connectivity index (χ1n) is 8.44. The Morgan fingerprint density at radius 2 is 1.74 bits per heavy atom. The molecule has 5 heteroatoms. The predicted octanol–water partition coefficient (Wildman–Crippen LogP) is 2.71.